The Morgan fingerprint density at radius 3 is 2.17 bits per heavy atom. The van der Waals surface area contributed by atoms with Crippen molar-refractivity contribution in [3.8, 4) is 5.75 Å². The Balaban J connectivity index is 0.00000529. The third-order valence-electron chi connectivity index (χ3n) is 3.34. The van der Waals surface area contributed by atoms with Crippen LogP contribution in [0, 0.1) is 5.92 Å². The van der Waals surface area contributed by atoms with Crippen LogP contribution in [0.15, 0.2) is 29.2 Å². The van der Waals surface area contributed by atoms with Gasteiger partial charge in [0.15, 0.2) is 0 Å². The van der Waals surface area contributed by atoms with E-state index in [1.165, 1.54) is 19.2 Å². The van der Waals surface area contributed by atoms with Gasteiger partial charge < -0.3 is 15.8 Å². The largest absolute Gasteiger partial charge is 0.497 e. The van der Waals surface area contributed by atoms with Crippen LogP contribution in [0.2, 0.25) is 0 Å². The average Bonchev–Trinajstić information content (AvgIpc) is 2.52. The molecule has 138 valence electrons. The first-order valence-corrected chi connectivity index (χ1v) is 8.86. The maximum absolute atomic E-state index is 12.4. The molecule has 0 bridgehead atoms. The van der Waals surface area contributed by atoms with Crippen LogP contribution in [-0.4, -0.2) is 40.1 Å². The smallest absolute Gasteiger partial charge is 0.241 e. The highest BCUT2D eigenvalue weighted by atomic mass is 35.5. The third kappa shape index (κ3) is 6.27. The number of ether oxygens (including phenoxy) is 1. The monoisotopic (exact) mass is 379 g/mol. The Hall–Kier alpha value is -1.35. The van der Waals surface area contributed by atoms with Gasteiger partial charge in [-0.1, -0.05) is 13.8 Å². The molecule has 9 heteroatoms. The van der Waals surface area contributed by atoms with Crippen molar-refractivity contribution in [2.75, 3.05) is 13.7 Å². The Morgan fingerprint density at radius 1 is 1.21 bits per heavy atom. The highest BCUT2D eigenvalue weighted by Gasteiger charge is 2.28. The standard InChI is InChI=1S/C15H25N3O4S.ClH/c1-10(2)14(15(19)17-11(3)9-16)18-23(20,21)13-7-5-12(22-4)6-8-13;/h5-8,10-11,14,18H,9,16H2,1-4H3,(H,17,19);1H/t11-,14?;/m0./s1. The first-order chi connectivity index (χ1) is 10.7. The lowest BCUT2D eigenvalue weighted by atomic mass is 10.0. The Morgan fingerprint density at radius 2 is 1.75 bits per heavy atom. The number of halogens is 1. The van der Waals surface area contributed by atoms with Crippen molar-refractivity contribution in [1.29, 1.82) is 0 Å². The number of nitrogens with one attached hydrogen (secondary N) is 2. The predicted octanol–water partition coefficient (Wildman–Crippen LogP) is 0.883. The first-order valence-electron chi connectivity index (χ1n) is 7.38. The van der Waals surface area contributed by atoms with E-state index in [-0.39, 0.29) is 35.8 Å². The fraction of sp³-hybridized carbons (Fsp3) is 0.533. The molecule has 4 N–H and O–H groups in total. The fourth-order valence-electron chi connectivity index (χ4n) is 1.87. The molecule has 1 rings (SSSR count). The summed E-state index contributed by atoms with van der Waals surface area (Å²) < 4.78 is 32.4. The summed E-state index contributed by atoms with van der Waals surface area (Å²) in [5.74, 6) is -0.0538. The minimum Gasteiger partial charge on any atom is -0.497 e. The predicted molar refractivity (Wildman–Crippen MR) is 95.8 cm³/mol. The van der Waals surface area contributed by atoms with Gasteiger partial charge in [-0.15, -0.1) is 12.4 Å². The molecule has 0 aromatic heterocycles. The number of carbonyl (C=O) groups excluding carboxylic acids is 1. The summed E-state index contributed by atoms with van der Waals surface area (Å²) in [5, 5.41) is 2.69. The summed E-state index contributed by atoms with van der Waals surface area (Å²) in [7, 11) is -2.32. The van der Waals surface area contributed by atoms with E-state index < -0.39 is 22.0 Å². The normalized spacial score (nSPS) is 13.8. The molecule has 0 fully saturated rings. The minimum absolute atomic E-state index is 0. The third-order valence-corrected chi connectivity index (χ3v) is 4.80. The molecule has 0 spiro atoms. The van der Waals surface area contributed by atoms with Crippen LogP contribution >= 0.6 is 12.4 Å². The van der Waals surface area contributed by atoms with Crippen LogP contribution in [0.3, 0.4) is 0 Å². The molecule has 0 aliphatic rings. The Bertz CT molecular complexity index is 620. The zero-order chi connectivity index (χ0) is 17.6. The first kappa shape index (κ1) is 22.6. The number of hydrogen-bond donors (Lipinski definition) is 3. The zero-order valence-corrected chi connectivity index (χ0v) is 15.9. The average molecular weight is 380 g/mol. The van der Waals surface area contributed by atoms with Crippen molar-refractivity contribution in [3.05, 3.63) is 24.3 Å². The van der Waals surface area contributed by atoms with E-state index in [2.05, 4.69) is 10.0 Å². The molecule has 24 heavy (non-hydrogen) atoms. The van der Waals surface area contributed by atoms with Crippen LogP contribution in [0.4, 0.5) is 0 Å². The van der Waals surface area contributed by atoms with Crippen LogP contribution in [-0.2, 0) is 14.8 Å². The van der Waals surface area contributed by atoms with E-state index in [4.69, 9.17) is 10.5 Å². The number of sulfonamides is 1. The molecule has 0 radical (unpaired) electrons. The number of nitrogens with two attached hydrogens (primary N) is 1. The molecule has 1 aromatic rings. The highest BCUT2D eigenvalue weighted by Crippen LogP contribution is 2.16. The molecule has 1 amide bonds. The van der Waals surface area contributed by atoms with E-state index in [1.807, 2.05) is 0 Å². The van der Waals surface area contributed by atoms with Crippen molar-refractivity contribution in [3.63, 3.8) is 0 Å². The second-order valence-electron chi connectivity index (χ2n) is 5.66. The molecule has 1 aromatic carbocycles. The molecule has 0 aliphatic heterocycles. The van der Waals surface area contributed by atoms with Crippen molar-refractivity contribution in [1.82, 2.24) is 10.0 Å². The topological polar surface area (TPSA) is 111 Å². The molecule has 0 aliphatic carbocycles. The summed E-state index contributed by atoms with van der Waals surface area (Å²) in [4.78, 5) is 12.3. The summed E-state index contributed by atoms with van der Waals surface area (Å²) in [6.07, 6.45) is 0. The summed E-state index contributed by atoms with van der Waals surface area (Å²) >= 11 is 0. The number of rotatable bonds is 8. The molecular formula is C15H26ClN3O4S. The van der Waals surface area contributed by atoms with Crippen molar-refractivity contribution in [2.45, 2.75) is 37.8 Å². The zero-order valence-electron chi connectivity index (χ0n) is 14.3. The van der Waals surface area contributed by atoms with Gasteiger partial charge in [-0.3, -0.25) is 4.79 Å². The van der Waals surface area contributed by atoms with Gasteiger partial charge >= 0.3 is 0 Å². The van der Waals surface area contributed by atoms with Crippen molar-refractivity contribution < 1.29 is 17.9 Å². The van der Waals surface area contributed by atoms with Crippen molar-refractivity contribution in [2.24, 2.45) is 11.7 Å². The van der Waals surface area contributed by atoms with Gasteiger partial charge in [0.2, 0.25) is 15.9 Å². The van der Waals surface area contributed by atoms with Gasteiger partial charge in [-0.05, 0) is 37.1 Å². The summed E-state index contributed by atoms with van der Waals surface area (Å²) in [6, 6.07) is 4.86. The highest BCUT2D eigenvalue weighted by molar-refractivity contribution is 7.89. The quantitative estimate of drug-likeness (QED) is 0.621. The minimum atomic E-state index is -3.81. The molecule has 2 atom stereocenters. The molecule has 0 saturated heterocycles. The van der Waals surface area contributed by atoms with E-state index in [0.29, 0.717) is 5.75 Å². The lowest BCUT2D eigenvalue weighted by Gasteiger charge is -2.23. The van der Waals surface area contributed by atoms with Gasteiger partial charge in [-0.2, -0.15) is 4.72 Å². The molecule has 0 heterocycles. The number of benzene rings is 1. The van der Waals surface area contributed by atoms with E-state index in [0.717, 1.165) is 0 Å². The summed E-state index contributed by atoms with van der Waals surface area (Å²) in [5.41, 5.74) is 5.48. The summed E-state index contributed by atoms with van der Waals surface area (Å²) in [6.45, 7) is 5.58. The van der Waals surface area contributed by atoms with Gasteiger partial charge in [0.1, 0.15) is 11.8 Å². The molecular weight excluding hydrogens is 354 g/mol. The van der Waals surface area contributed by atoms with E-state index >= 15 is 0 Å². The Labute approximate surface area is 149 Å². The van der Waals surface area contributed by atoms with Crippen LogP contribution < -0.4 is 20.5 Å². The fourth-order valence-corrected chi connectivity index (χ4v) is 3.22. The molecule has 0 saturated carbocycles. The SMILES string of the molecule is COc1ccc(S(=O)(=O)NC(C(=O)N[C@@H](C)CN)C(C)C)cc1.Cl. The van der Waals surface area contributed by atoms with Crippen molar-refractivity contribution >= 4 is 28.3 Å². The maximum atomic E-state index is 12.4. The lowest BCUT2D eigenvalue weighted by molar-refractivity contribution is -0.124. The van der Waals surface area contributed by atoms with Gasteiger partial charge in [-0.25, -0.2) is 8.42 Å². The number of carbonyl (C=O) groups is 1. The van der Waals surface area contributed by atoms with Crippen LogP contribution in [0.5, 0.6) is 5.75 Å². The van der Waals surface area contributed by atoms with Gasteiger partial charge in [0.05, 0.1) is 12.0 Å². The second kappa shape index (κ2) is 9.83. The molecule has 1 unspecified atom stereocenters. The van der Waals surface area contributed by atoms with E-state index in [9.17, 15) is 13.2 Å². The number of methoxy groups -OCH3 is 1. The van der Waals surface area contributed by atoms with E-state index in [1.54, 1.807) is 32.9 Å². The van der Waals surface area contributed by atoms with Gasteiger partial charge in [0, 0.05) is 12.6 Å². The van der Waals surface area contributed by atoms with Gasteiger partial charge in [0.25, 0.3) is 0 Å². The van der Waals surface area contributed by atoms with Crippen LogP contribution in [0.25, 0.3) is 0 Å². The number of amides is 1. The maximum Gasteiger partial charge on any atom is 0.241 e. The number of hydrogen-bond acceptors (Lipinski definition) is 5. The van der Waals surface area contributed by atoms with Crippen LogP contribution in [0.1, 0.15) is 20.8 Å². The Kier molecular flexibility index (Phi) is 9.27. The molecule has 7 nitrogen and oxygen atoms in total. The lowest BCUT2D eigenvalue weighted by Crippen LogP contribution is -2.52. The second-order valence-corrected chi connectivity index (χ2v) is 7.38.